The third-order valence-electron chi connectivity index (χ3n) is 2.91. The molecule has 1 aromatic heterocycles. The molecule has 0 saturated carbocycles. The molecular weight excluding hydrogens is 222 g/mol. The molecule has 0 spiro atoms. The van der Waals surface area contributed by atoms with Crippen LogP contribution in [-0.4, -0.2) is 10.4 Å². The molecule has 0 N–H and O–H groups in total. The van der Waals surface area contributed by atoms with Crippen LogP contribution in [0.4, 0.5) is 0 Å². The maximum Gasteiger partial charge on any atom is 0.209 e. The highest BCUT2D eigenvalue weighted by molar-refractivity contribution is 6.08. The van der Waals surface area contributed by atoms with Crippen molar-refractivity contribution in [3.05, 3.63) is 71.6 Å². The van der Waals surface area contributed by atoms with E-state index in [1.165, 1.54) is 0 Å². The molecule has 0 bridgehead atoms. The van der Waals surface area contributed by atoms with Gasteiger partial charge >= 0.3 is 0 Å². The summed E-state index contributed by atoms with van der Waals surface area (Å²) in [7, 11) is 0. The largest absolute Gasteiger partial charge is 0.341 e. The second kappa shape index (κ2) is 5.05. The smallest absolute Gasteiger partial charge is 0.209 e. The number of aromatic nitrogens is 1. The van der Waals surface area contributed by atoms with Gasteiger partial charge in [-0.25, -0.2) is 0 Å². The molecule has 0 aliphatic heterocycles. The number of nitrogens with zero attached hydrogens (tertiary/aromatic N) is 1. The van der Waals surface area contributed by atoms with Gasteiger partial charge in [-0.15, -0.1) is 6.58 Å². The summed E-state index contributed by atoms with van der Waals surface area (Å²) >= 11 is 0. The Morgan fingerprint density at radius 3 is 2.50 bits per heavy atom. The first-order chi connectivity index (χ1) is 8.61. The van der Waals surface area contributed by atoms with Crippen molar-refractivity contribution in [2.24, 2.45) is 0 Å². The zero-order chi connectivity index (χ0) is 13.1. The second-order valence-electron chi connectivity index (χ2n) is 4.54. The third kappa shape index (κ3) is 2.43. The number of allylic oxidation sites excluding steroid dienone is 1. The molecular formula is C16H17NO. The summed E-state index contributed by atoms with van der Waals surface area (Å²) in [6, 6.07) is 9.59. The van der Waals surface area contributed by atoms with Gasteiger partial charge in [-0.05, 0) is 25.5 Å². The average molecular weight is 239 g/mol. The van der Waals surface area contributed by atoms with E-state index in [0.717, 1.165) is 22.4 Å². The number of rotatable bonds is 4. The van der Waals surface area contributed by atoms with E-state index < -0.39 is 0 Å². The Labute approximate surface area is 108 Å². The van der Waals surface area contributed by atoms with Crippen molar-refractivity contribution in [3.8, 4) is 0 Å². The van der Waals surface area contributed by atoms with Gasteiger partial charge in [0, 0.05) is 18.3 Å². The molecule has 0 atom stereocenters. The van der Waals surface area contributed by atoms with Gasteiger partial charge in [-0.1, -0.05) is 35.9 Å². The monoisotopic (exact) mass is 239 g/mol. The van der Waals surface area contributed by atoms with Crippen LogP contribution in [0.15, 0.2) is 49.2 Å². The Morgan fingerprint density at radius 1 is 1.22 bits per heavy atom. The Hall–Kier alpha value is -2.09. The van der Waals surface area contributed by atoms with E-state index in [9.17, 15) is 4.79 Å². The van der Waals surface area contributed by atoms with Crippen LogP contribution >= 0.6 is 0 Å². The Bertz CT molecular complexity index is 576. The van der Waals surface area contributed by atoms with E-state index in [2.05, 4.69) is 6.58 Å². The normalized spacial score (nSPS) is 10.3. The fourth-order valence-electron chi connectivity index (χ4n) is 1.99. The lowest BCUT2D eigenvalue weighted by atomic mass is 10.1. The fraction of sp³-hybridized carbons (Fsp3) is 0.188. The SMILES string of the molecule is C=CCn1cc(C)cc1C(=O)c1ccc(C)cc1. The van der Waals surface area contributed by atoms with Gasteiger partial charge < -0.3 is 4.57 Å². The maximum absolute atomic E-state index is 12.4. The Morgan fingerprint density at radius 2 is 1.89 bits per heavy atom. The molecule has 0 amide bonds. The van der Waals surface area contributed by atoms with Crippen molar-refractivity contribution in [1.29, 1.82) is 0 Å². The van der Waals surface area contributed by atoms with Crippen LogP contribution in [0.3, 0.4) is 0 Å². The van der Waals surface area contributed by atoms with Crippen molar-refractivity contribution < 1.29 is 4.79 Å². The first-order valence-corrected chi connectivity index (χ1v) is 6.01. The van der Waals surface area contributed by atoms with Crippen molar-refractivity contribution in [2.75, 3.05) is 0 Å². The highest BCUT2D eigenvalue weighted by atomic mass is 16.1. The number of ketones is 1. The molecule has 92 valence electrons. The van der Waals surface area contributed by atoms with Crippen molar-refractivity contribution >= 4 is 5.78 Å². The first-order valence-electron chi connectivity index (χ1n) is 6.01. The molecule has 0 aliphatic rings. The van der Waals surface area contributed by atoms with Crippen molar-refractivity contribution in [2.45, 2.75) is 20.4 Å². The average Bonchev–Trinajstić information content (AvgIpc) is 2.71. The summed E-state index contributed by atoms with van der Waals surface area (Å²) in [4.78, 5) is 12.4. The highest BCUT2D eigenvalue weighted by Crippen LogP contribution is 2.14. The molecule has 1 aromatic carbocycles. The lowest BCUT2D eigenvalue weighted by molar-refractivity contribution is 0.103. The zero-order valence-corrected chi connectivity index (χ0v) is 10.8. The fourth-order valence-corrected chi connectivity index (χ4v) is 1.99. The number of carbonyl (C=O) groups is 1. The number of benzene rings is 1. The minimum absolute atomic E-state index is 0.0601. The van der Waals surface area contributed by atoms with Gasteiger partial charge in [0.15, 0.2) is 0 Å². The molecule has 2 heteroatoms. The Balaban J connectivity index is 2.39. The van der Waals surface area contributed by atoms with E-state index in [4.69, 9.17) is 0 Å². The standard InChI is InChI=1S/C16H17NO/c1-4-9-17-11-13(3)10-15(17)16(18)14-7-5-12(2)6-8-14/h4-8,10-11H,1,9H2,2-3H3. The summed E-state index contributed by atoms with van der Waals surface area (Å²) < 4.78 is 1.94. The molecule has 0 aliphatic carbocycles. The van der Waals surface area contributed by atoms with Gasteiger partial charge in [-0.2, -0.15) is 0 Å². The molecule has 1 heterocycles. The van der Waals surface area contributed by atoms with Crippen LogP contribution < -0.4 is 0 Å². The number of carbonyl (C=O) groups excluding carboxylic acids is 1. The first kappa shape index (κ1) is 12.4. The molecule has 0 radical (unpaired) electrons. The molecule has 0 saturated heterocycles. The van der Waals surface area contributed by atoms with E-state index in [0.29, 0.717) is 6.54 Å². The van der Waals surface area contributed by atoms with Gasteiger partial charge in [0.2, 0.25) is 5.78 Å². The van der Waals surface area contributed by atoms with Crippen LogP contribution in [-0.2, 0) is 6.54 Å². The summed E-state index contributed by atoms with van der Waals surface area (Å²) in [6.07, 6.45) is 3.77. The Kier molecular flexibility index (Phi) is 3.47. The topological polar surface area (TPSA) is 22.0 Å². The molecule has 0 fully saturated rings. The number of hydrogen-bond acceptors (Lipinski definition) is 1. The molecule has 2 nitrogen and oxygen atoms in total. The minimum atomic E-state index is 0.0601. The molecule has 2 aromatic rings. The van der Waals surface area contributed by atoms with Crippen LogP contribution in [0.2, 0.25) is 0 Å². The van der Waals surface area contributed by atoms with Gasteiger partial charge in [0.1, 0.15) is 0 Å². The minimum Gasteiger partial charge on any atom is -0.341 e. The van der Waals surface area contributed by atoms with E-state index in [-0.39, 0.29) is 5.78 Å². The molecule has 18 heavy (non-hydrogen) atoms. The quantitative estimate of drug-likeness (QED) is 0.591. The second-order valence-corrected chi connectivity index (χ2v) is 4.54. The zero-order valence-electron chi connectivity index (χ0n) is 10.8. The lowest BCUT2D eigenvalue weighted by Crippen LogP contribution is -2.08. The van der Waals surface area contributed by atoms with Gasteiger partial charge in [0.05, 0.1) is 5.69 Å². The summed E-state index contributed by atoms with van der Waals surface area (Å²) in [5.41, 5.74) is 3.69. The maximum atomic E-state index is 12.4. The van der Waals surface area contributed by atoms with Crippen molar-refractivity contribution in [1.82, 2.24) is 4.57 Å². The lowest BCUT2D eigenvalue weighted by Gasteiger charge is -2.06. The summed E-state index contributed by atoms with van der Waals surface area (Å²) in [6.45, 7) is 8.38. The van der Waals surface area contributed by atoms with Crippen LogP contribution in [0.25, 0.3) is 0 Å². The predicted molar refractivity (Wildman–Crippen MR) is 74.0 cm³/mol. The van der Waals surface area contributed by atoms with Gasteiger partial charge in [-0.3, -0.25) is 4.79 Å². The summed E-state index contributed by atoms with van der Waals surface area (Å²) in [5, 5.41) is 0. The molecule has 2 rings (SSSR count). The van der Waals surface area contributed by atoms with Crippen LogP contribution in [0, 0.1) is 13.8 Å². The van der Waals surface area contributed by atoms with E-state index in [1.54, 1.807) is 6.08 Å². The summed E-state index contributed by atoms with van der Waals surface area (Å²) in [5.74, 6) is 0.0601. The predicted octanol–water partition coefficient (Wildman–Crippen LogP) is 3.52. The van der Waals surface area contributed by atoms with Crippen molar-refractivity contribution in [3.63, 3.8) is 0 Å². The van der Waals surface area contributed by atoms with E-state index >= 15 is 0 Å². The van der Waals surface area contributed by atoms with Crippen LogP contribution in [0.5, 0.6) is 0 Å². The van der Waals surface area contributed by atoms with Gasteiger partial charge in [0.25, 0.3) is 0 Å². The number of aryl methyl sites for hydroxylation is 2. The van der Waals surface area contributed by atoms with E-state index in [1.807, 2.05) is 54.9 Å². The molecule has 0 unspecified atom stereocenters. The van der Waals surface area contributed by atoms with Crippen LogP contribution in [0.1, 0.15) is 27.2 Å². The number of hydrogen-bond donors (Lipinski definition) is 0. The third-order valence-corrected chi connectivity index (χ3v) is 2.91. The highest BCUT2D eigenvalue weighted by Gasteiger charge is 2.13.